The van der Waals surface area contributed by atoms with Crippen LogP contribution >= 0.6 is 22.9 Å². The van der Waals surface area contributed by atoms with Crippen molar-refractivity contribution in [2.45, 2.75) is 19.9 Å². The number of hydrogen-bond acceptors (Lipinski definition) is 4. The fraction of sp³-hybridized carbons (Fsp3) is 0.250. The number of aryl methyl sites for hydroxylation is 2. The summed E-state index contributed by atoms with van der Waals surface area (Å²) in [5.74, 6) is 5.24. The Labute approximate surface area is 114 Å². The second-order valence-corrected chi connectivity index (χ2v) is 5.59. The van der Waals surface area contributed by atoms with Crippen molar-refractivity contribution in [1.82, 2.24) is 10.4 Å². The second-order valence-electron chi connectivity index (χ2n) is 3.95. The van der Waals surface area contributed by atoms with Crippen LogP contribution in [0.15, 0.2) is 18.2 Å². The third kappa shape index (κ3) is 2.54. The van der Waals surface area contributed by atoms with Crippen LogP contribution in [-0.2, 0) is 0 Å². The van der Waals surface area contributed by atoms with Gasteiger partial charge < -0.3 is 0 Å². The third-order valence-corrected chi connectivity index (χ3v) is 4.12. The molecule has 2 aromatic rings. The SMILES string of the molecule is Cc1nc(C)c(C(NN)c2cc(F)ccc2Cl)s1. The zero-order valence-corrected chi connectivity index (χ0v) is 11.6. The average Bonchev–Trinajstić information content (AvgIpc) is 2.64. The van der Waals surface area contributed by atoms with E-state index in [0.29, 0.717) is 10.6 Å². The number of aromatic nitrogens is 1. The van der Waals surface area contributed by atoms with Crippen LogP contribution in [0.3, 0.4) is 0 Å². The molecule has 2 rings (SSSR count). The van der Waals surface area contributed by atoms with Gasteiger partial charge in [0.05, 0.1) is 21.6 Å². The number of halogens is 2. The van der Waals surface area contributed by atoms with Crippen molar-refractivity contribution >= 4 is 22.9 Å². The zero-order chi connectivity index (χ0) is 13.3. The zero-order valence-electron chi connectivity index (χ0n) is 10.00. The first kappa shape index (κ1) is 13.4. The van der Waals surface area contributed by atoms with Gasteiger partial charge >= 0.3 is 0 Å². The lowest BCUT2D eigenvalue weighted by Gasteiger charge is -2.17. The molecule has 0 saturated heterocycles. The molecule has 1 aromatic heterocycles. The van der Waals surface area contributed by atoms with Gasteiger partial charge in [-0.15, -0.1) is 11.3 Å². The van der Waals surface area contributed by atoms with Crippen molar-refractivity contribution < 1.29 is 4.39 Å². The van der Waals surface area contributed by atoms with Crippen LogP contribution in [0.5, 0.6) is 0 Å². The lowest BCUT2D eigenvalue weighted by molar-refractivity contribution is 0.607. The fourth-order valence-corrected chi connectivity index (χ4v) is 3.09. The van der Waals surface area contributed by atoms with E-state index in [1.54, 1.807) is 0 Å². The molecule has 0 aliphatic carbocycles. The Bertz CT molecular complexity index is 570. The van der Waals surface area contributed by atoms with Gasteiger partial charge in [-0.3, -0.25) is 5.84 Å². The van der Waals surface area contributed by atoms with Gasteiger partial charge in [-0.05, 0) is 37.6 Å². The van der Waals surface area contributed by atoms with Crippen molar-refractivity contribution in [2.75, 3.05) is 0 Å². The number of hydrazine groups is 1. The lowest BCUT2D eigenvalue weighted by atomic mass is 10.0. The van der Waals surface area contributed by atoms with Crippen LogP contribution in [0.1, 0.15) is 27.2 Å². The first-order chi connectivity index (χ1) is 8.52. The third-order valence-electron chi connectivity index (χ3n) is 2.64. The Hall–Kier alpha value is -1.01. The summed E-state index contributed by atoms with van der Waals surface area (Å²) >= 11 is 7.62. The van der Waals surface area contributed by atoms with Crippen LogP contribution in [0.25, 0.3) is 0 Å². The van der Waals surface area contributed by atoms with Crippen molar-refractivity contribution in [3.63, 3.8) is 0 Å². The molecular weight excluding hydrogens is 273 g/mol. The van der Waals surface area contributed by atoms with E-state index in [-0.39, 0.29) is 11.9 Å². The predicted octanol–water partition coefficient (Wildman–Crippen LogP) is 3.11. The smallest absolute Gasteiger partial charge is 0.123 e. The van der Waals surface area contributed by atoms with E-state index in [1.165, 1.54) is 29.5 Å². The molecule has 3 N–H and O–H groups in total. The van der Waals surface area contributed by atoms with Crippen molar-refractivity contribution in [2.24, 2.45) is 5.84 Å². The Morgan fingerprint density at radius 3 is 2.72 bits per heavy atom. The number of rotatable bonds is 3. The van der Waals surface area contributed by atoms with E-state index in [1.807, 2.05) is 13.8 Å². The summed E-state index contributed by atoms with van der Waals surface area (Å²) < 4.78 is 13.3. The maximum Gasteiger partial charge on any atom is 0.123 e. The van der Waals surface area contributed by atoms with Crippen LogP contribution in [0, 0.1) is 19.7 Å². The van der Waals surface area contributed by atoms with Gasteiger partial charge in [-0.25, -0.2) is 14.8 Å². The van der Waals surface area contributed by atoms with Crippen LogP contribution in [0.4, 0.5) is 4.39 Å². The normalized spacial score (nSPS) is 12.7. The molecule has 0 radical (unpaired) electrons. The molecule has 1 unspecified atom stereocenters. The Morgan fingerprint density at radius 1 is 1.44 bits per heavy atom. The molecule has 3 nitrogen and oxygen atoms in total. The molecule has 0 aliphatic rings. The summed E-state index contributed by atoms with van der Waals surface area (Å²) in [6.45, 7) is 3.82. The number of nitrogens with one attached hydrogen (secondary N) is 1. The molecular formula is C12H13ClFN3S. The summed E-state index contributed by atoms with van der Waals surface area (Å²) in [5.41, 5.74) is 4.17. The van der Waals surface area contributed by atoms with E-state index < -0.39 is 0 Å². The summed E-state index contributed by atoms with van der Waals surface area (Å²) in [5, 5.41) is 1.42. The molecule has 96 valence electrons. The molecule has 0 saturated carbocycles. The van der Waals surface area contributed by atoms with Crippen LogP contribution < -0.4 is 11.3 Å². The maximum absolute atomic E-state index is 13.3. The van der Waals surface area contributed by atoms with E-state index in [2.05, 4.69) is 10.4 Å². The number of benzene rings is 1. The molecule has 0 aliphatic heterocycles. The summed E-state index contributed by atoms with van der Waals surface area (Å²) in [4.78, 5) is 5.29. The van der Waals surface area contributed by atoms with Gasteiger partial charge in [-0.1, -0.05) is 11.6 Å². The fourth-order valence-electron chi connectivity index (χ4n) is 1.86. The number of nitrogens with zero attached hydrogens (tertiary/aromatic N) is 1. The number of hydrogen-bond donors (Lipinski definition) is 2. The molecule has 1 heterocycles. The van der Waals surface area contributed by atoms with Gasteiger partial charge in [-0.2, -0.15) is 0 Å². The molecule has 18 heavy (non-hydrogen) atoms. The van der Waals surface area contributed by atoms with E-state index in [4.69, 9.17) is 17.4 Å². The summed E-state index contributed by atoms with van der Waals surface area (Å²) in [7, 11) is 0. The Balaban J connectivity index is 2.51. The minimum Gasteiger partial charge on any atom is -0.271 e. The maximum atomic E-state index is 13.3. The molecule has 6 heteroatoms. The lowest BCUT2D eigenvalue weighted by Crippen LogP contribution is -2.29. The monoisotopic (exact) mass is 285 g/mol. The first-order valence-corrected chi connectivity index (χ1v) is 6.57. The van der Waals surface area contributed by atoms with Gasteiger partial charge in [0.2, 0.25) is 0 Å². The van der Waals surface area contributed by atoms with Crippen molar-refractivity contribution in [3.05, 3.63) is 50.2 Å². The minimum atomic E-state index is -0.348. The quantitative estimate of drug-likeness (QED) is 0.673. The Kier molecular flexibility index (Phi) is 3.97. The van der Waals surface area contributed by atoms with Crippen molar-refractivity contribution in [3.8, 4) is 0 Å². The van der Waals surface area contributed by atoms with Crippen LogP contribution in [0.2, 0.25) is 5.02 Å². The van der Waals surface area contributed by atoms with Crippen LogP contribution in [-0.4, -0.2) is 4.98 Å². The standard InChI is InChI=1S/C12H13ClFN3S/c1-6-12(18-7(2)16-6)11(17-15)9-5-8(14)3-4-10(9)13/h3-5,11,17H,15H2,1-2H3. The Morgan fingerprint density at radius 2 is 2.17 bits per heavy atom. The highest BCUT2D eigenvalue weighted by atomic mass is 35.5. The highest BCUT2D eigenvalue weighted by Gasteiger charge is 2.21. The second kappa shape index (κ2) is 5.32. The highest BCUT2D eigenvalue weighted by Crippen LogP contribution is 2.33. The predicted molar refractivity (Wildman–Crippen MR) is 72.2 cm³/mol. The average molecular weight is 286 g/mol. The first-order valence-electron chi connectivity index (χ1n) is 5.38. The molecule has 1 aromatic carbocycles. The van der Waals surface area contributed by atoms with Gasteiger partial charge in [0.1, 0.15) is 5.82 Å². The molecule has 0 amide bonds. The van der Waals surface area contributed by atoms with E-state index >= 15 is 0 Å². The van der Waals surface area contributed by atoms with E-state index in [9.17, 15) is 4.39 Å². The van der Waals surface area contributed by atoms with Gasteiger partial charge in [0.25, 0.3) is 0 Å². The molecule has 0 fully saturated rings. The van der Waals surface area contributed by atoms with Crippen molar-refractivity contribution in [1.29, 1.82) is 0 Å². The topological polar surface area (TPSA) is 50.9 Å². The highest BCUT2D eigenvalue weighted by molar-refractivity contribution is 7.11. The summed E-state index contributed by atoms with van der Waals surface area (Å²) in [6.07, 6.45) is 0. The minimum absolute atomic E-state index is 0.339. The van der Waals surface area contributed by atoms with Gasteiger partial charge in [0, 0.05) is 5.02 Å². The summed E-state index contributed by atoms with van der Waals surface area (Å²) in [6, 6.07) is 3.89. The molecule has 0 bridgehead atoms. The van der Waals surface area contributed by atoms with E-state index in [0.717, 1.165) is 15.6 Å². The number of nitrogens with two attached hydrogens (primary N) is 1. The van der Waals surface area contributed by atoms with Gasteiger partial charge in [0.15, 0.2) is 0 Å². The number of thiazole rings is 1. The largest absolute Gasteiger partial charge is 0.271 e. The molecule has 1 atom stereocenters. The molecule has 0 spiro atoms.